The number of nitriles is 1. The molecule has 2 saturated heterocycles. The molecule has 0 amide bonds. The molecular weight excluding hydrogens is 466 g/mol. The van der Waals surface area contributed by atoms with E-state index in [1.807, 2.05) is 37.3 Å². The van der Waals surface area contributed by atoms with Crippen LogP contribution in [0.1, 0.15) is 44.2 Å². The van der Waals surface area contributed by atoms with Crippen LogP contribution in [0.15, 0.2) is 30.5 Å². The number of aryl methyl sites for hydroxylation is 1. The van der Waals surface area contributed by atoms with E-state index in [1.165, 1.54) is 0 Å². The number of aromatic amines is 1. The first kappa shape index (κ1) is 23.5. The molecule has 2 fully saturated rings. The minimum Gasteiger partial charge on any atom is -0.367 e. The molecule has 3 aromatic heterocycles. The number of rotatable bonds is 8. The molecule has 0 spiro atoms. The van der Waals surface area contributed by atoms with Crippen LogP contribution in [-0.4, -0.2) is 57.6 Å². The Morgan fingerprint density at radius 1 is 1.23 bits per heavy atom. The summed E-state index contributed by atoms with van der Waals surface area (Å²) in [7, 11) is -3.63. The first-order valence-electron chi connectivity index (χ1n) is 11.9. The van der Waals surface area contributed by atoms with E-state index >= 15 is 0 Å². The first-order valence-corrected chi connectivity index (χ1v) is 13.3. The molecule has 184 valence electrons. The molecule has 4 N–H and O–H groups in total. The maximum Gasteiger partial charge on any atom is 0.279 e. The van der Waals surface area contributed by atoms with E-state index in [4.69, 9.17) is 10.2 Å². The monoisotopic (exact) mass is 495 g/mol. The van der Waals surface area contributed by atoms with E-state index in [9.17, 15) is 8.42 Å². The predicted octanol–water partition coefficient (Wildman–Crippen LogP) is 2.95. The van der Waals surface area contributed by atoms with Crippen molar-refractivity contribution in [3.63, 3.8) is 0 Å². The fraction of sp³-hybridized carbons (Fsp3) is 0.478. The van der Waals surface area contributed by atoms with E-state index in [-0.39, 0.29) is 31.1 Å². The van der Waals surface area contributed by atoms with Crippen molar-refractivity contribution in [2.45, 2.75) is 63.6 Å². The van der Waals surface area contributed by atoms with E-state index in [2.05, 4.69) is 30.5 Å². The lowest BCUT2D eigenvalue weighted by atomic mass is 9.84. The minimum absolute atomic E-state index is 0.0784. The summed E-state index contributed by atoms with van der Waals surface area (Å²) in [5.74, 6) is 2.03. The van der Waals surface area contributed by atoms with Gasteiger partial charge in [0.25, 0.3) is 10.2 Å². The van der Waals surface area contributed by atoms with Gasteiger partial charge in [-0.05, 0) is 44.7 Å². The molecule has 3 atom stereocenters. The molecule has 5 rings (SSSR count). The van der Waals surface area contributed by atoms with Crippen molar-refractivity contribution in [1.29, 1.82) is 5.26 Å². The van der Waals surface area contributed by atoms with Crippen molar-refractivity contribution < 1.29 is 8.42 Å². The van der Waals surface area contributed by atoms with Gasteiger partial charge in [0.15, 0.2) is 5.82 Å². The summed E-state index contributed by atoms with van der Waals surface area (Å²) in [4.78, 5) is 9.33. The molecule has 0 aliphatic carbocycles. The van der Waals surface area contributed by atoms with E-state index in [0.29, 0.717) is 24.5 Å². The van der Waals surface area contributed by atoms with E-state index < -0.39 is 10.2 Å². The molecule has 1 unspecified atom stereocenters. The molecule has 2 aliphatic heterocycles. The Balaban J connectivity index is 1.37. The van der Waals surface area contributed by atoms with Gasteiger partial charge in [-0.1, -0.05) is 6.42 Å². The van der Waals surface area contributed by atoms with Gasteiger partial charge in [-0.15, -0.1) is 0 Å². The number of fused-ring (bicyclic) bond motifs is 3. The van der Waals surface area contributed by atoms with Crippen LogP contribution in [0.25, 0.3) is 10.9 Å². The average molecular weight is 496 g/mol. The molecule has 0 saturated carbocycles. The summed E-state index contributed by atoms with van der Waals surface area (Å²) in [6.07, 6.45) is 5.95. The number of hydrogen-bond donors (Lipinski definition) is 4. The normalized spacial score (nSPS) is 22.6. The Morgan fingerprint density at radius 2 is 2.03 bits per heavy atom. The van der Waals surface area contributed by atoms with Gasteiger partial charge in [-0.3, -0.25) is 10.1 Å². The highest BCUT2D eigenvalue weighted by Gasteiger charge is 2.44. The maximum atomic E-state index is 13.0. The minimum atomic E-state index is -3.63. The number of aromatic nitrogens is 4. The van der Waals surface area contributed by atoms with Crippen LogP contribution in [0, 0.1) is 18.3 Å². The third-order valence-electron chi connectivity index (χ3n) is 6.61. The van der Waals surface area contributed by atoms with Crippen LogP contribution in [0.2, 0.25) is 0 Å². The van der Waals surface area contributed by atoms with Crippen LogP contribution < -0.4 is 15.4 Å². The summed E-state index contributed by atoms with van der Waals surface area (Å²) in [6.45, 7) is 2.07. The molecule has 0 radical (unpaired) electrons. The Kier molecular flexibility index (Phi) is 6.55. The number of nitrogens with one attached hydrogen (secondary N) is 4. The van der Waals surface area contributed by atoms with E-state index in [1.54, 1.807) is 10.5 Å². The smallest absolute Gasteiger partial charge is 0.279 e. The van der Waals surface area contributed by atoms with Gasteiger partial charge in [-0.25, -0.2) is 9.71 Å². The zero-order valence-corrected chi connectivity index (χ0v) is 20.3. The lowest BCUT2D eigenvalue weighted by molar-refractivity contribution is 0.114. The molecule has 35 heavy (non-hydrogen) atoms. The van der Waals surface area contributed by atoms with Crippen molar-refractivity contribution >= 4 is 38.6 Å². The third-order valence-corrected chi connectivity index (χ3v) is 8.33. The predicted molar refractivity (Wildman–Crippen MR) is 133 cm³/mol. The lowest BCUT2D eigenvalue weighted by Gasteiger charge is -2.47. The van der Waals surface area contributed by atoms with Crippen LogP contribution in [0.5, 0.6) is 0 Å². The fourth-order valence-electron chi connectivity index (χ4n) is 5.22. The second-order valence-electron chi connectivity index (χ2n) is 9.18. The zero-order chi connectivity index (χ0) is 24.4. The Morgan fingerprint density at radius 3 is 2.74 bits per heavy atom. The van der Waals surface area contributed by atoms with Gasteiger partial charge in [0.1, 0.15) is 11.6 Å². The molecule has 2 aliphatic rings. The summed E-state index contributed by atoms with van der Waals surface area (Å²) in [5.41, 5.74) is 1.75. The number of piperidine rings is 2. The van der Waals surface area contributed by atoms with Gasteiger partial charge in [0, 0.05) is 60.5 Å². The van der Waals surface area contributed by atoms with Crippen LogP contribution in [-0.2, 0) is 10.2 Å². The molecule has 0 aromatic carbocycles. The molecule has 5 heterocycles. The summed E-state index contributed by atoms with van der Waals surface area (Å²) < 4.78 is 30.2. The van der Waals surface area contributed by atoms with Crippen molar-refractivity contribution in [2.24, 2.45) is 0 Å². The number of pyridine rings is 2. The molecule has 2 bridgehead atoms. The molecule has 3 aromatic rings. The highest BCUT2D eigenvalue weighted by Crippen LogP contribution is 2.37. The second-order valence-corrected chi connectivity index (χ2v) is 10.8. The van der Waals surface area contributed by atoms with Crippen LogP contribution >= 0.6 is 0 Å². The van der Waals surface area contributed by atoms with Crippen molar-refractivity contribution in [1.82, 2.24) is 29.2 Å². The molecule has 11 nitrogen and oxygen atoms in total. The van der Waals surface area contributed by atoms with Gasteiger partial charge < -0.3 is 10.6 Å². The highest BCUT2D eigenvalue weighted by atomic mass is 32.2. The summed E-state index contributed by atoms with van der Waals surface area (Å²) in [5, 5.41) is 23.7. The topological polar surface area (TPSA) is 152 Å². The van der Waals surface area contributed by atoms with Crippen molar-refractivity contribution in [3.8, 4) is 6.07 Å². The number of anilines is 3. The van der Waals surface area contributed by atoms with Crippen LogP contribution in [0.3, 0.4) is 0 Å². The fourth-order valence-corrected chi connectivity index (χ4v) is 6.89. The third kappa shape index (κ3) is 5.07. The Hall–Kier alpha value is -3.27. The van der Waals surface area contributed by atoms with Crippen LogP contribution in [0.4, 0.5) is 17.5 Å². The second kappa shape index (κ2) is 9.77. The zero-order valence-electron chi connectivity index (χ0n) is 19.5. The lowest BCUT2D eigenvalue weighted by Crippen LogP contribution is -2.59. The number of hydrogen-bond acceptors (Lipinski definition) is 8. The van der Waals surface area contributed by atoms with Gasteiger partial charge in [0.2, 0.25) is 0 Å². The Bertz CT molecular complexity index is 1340. The van der Waals surface area contributed by atoms with Gasteiger partial charge >= 0.3 is 0 Å². The molecule has 12 heteroatoms. The number of nitrogens with zero attached hydrogens (tertiary/aromatic N) is 5. The van der Waals surface area contributed by atoms with E-state index in [0.717, 1.165) is 41.7 Å². The number of H-pyrrole nitrogens is 1. The SMILES string of the molecule is Cc1cc(Nc2cc3ncccc3c(NC3C[C@H]4CCC[C@@H](C3)N4S(=O)(=O)NCCC#N)n2)n[nH]1. The summed E-state index contributed by atoms with van der Waals surface area (Å²) >= 11 is 0. The molecular formula is C23H29N9O2S. The van der Waals surface area contributed by atoms with Crippen molar-refractivity contribution in [2.75, 3.05) is 17.2 Å². The summed E-state index contributed by atoms with van der Waals surface area (Å²) in [6, 6.07) is 9.56. The quantitative estimate of drug-likeness (QED) is 0.348. The average Bonchev–Trinajstić information content (AvgIpc) is 3.23. The van der Waals surface area contributed by atoms with Crippen molar-refractivity contribution in [3.05, 3.63) is 36.2 Å². The largest absolute Gasteiger partial charge is 0.367 e. The maximum absolute atomic E-state index is 13.0. The van der Waals surface area contributed by atoms with Gasteiger partial charge in [0.05, 0.1) is 11.6 Å². The van der Waals surface area contributed by atoms with Gasteiger partial charge in [-0.2, -0.15) is 23.1 Å². The standard InChI is InChI=1S/C23H29N9O2S/c1-15-11-22(31-30-15)28-21-14-20-19(7-3-9-25-20)23(29-21)27-16-12-17-5-2-6-18(13-16)32(17)35(33,34)26-10-4-8-24/h3,7,9,11,14,16-18,26H,2,4-6,10,12-13H2,1H3,(H3,27,28,29,30,31)/t16?,17-,18+. The first-order chi connectivity index (χ1) is 16.9. The highest BCUT2D eigenvalue weighted by molar-refractivity contribution is 7.87. The Labute approximate surface area is 204 Å².